The highest BCUT2D eigenvalue weighted by molar-refractivity contribution is 5.90. The second kappa shape index (κ2) is 36.3. The molecule has 0 aromatic heterocycles. The number of carbonyl (C=O) groups is 2. The van der Waals surface area contributed by atoms with Crippen LogP contribution in [0.3, 0.4) is 0 Å². The minimum atomic E-state index is -0.00398. The number of ketones is 2. The summed E-state index contributed by atoms with van der Waals surface area (Å²) >= 11 is 0. The average molecular weight is 505 g/mol. The van der Waals surface area contributed by atoms with Gasteiger partial charge in [-0.3, -0.25) is 9.59 Å². The molecular weight excluding hydrogens is 456 g/mol. The Morgan fingerprint density at radius 1 is 0.639 bits per heavy atom. The lowest BCUT2D eigenvalue weighted by Gasteiger charge is -2.01. The maximum absolute atomic E-state index is 11.2. The first kappa shape index (κ1) is 39.9. The summed E-state index contributed by atoms with van der Waals surface area (Å²) in [6.45, 7) is 4.38. The fourth-order valence-corrected chi connectivity index (χ4v) is 1.93. The van der Waals surface area contributed by atoms with Gasteiger partial charge < -0.3 is 32.4 Å². The van der Waals surface area contributed by atoms with Crippen LogP contribution in [-0.4, -0.2) is 53.0 Å². The molecule has 204 valence electrons. The minimum Gasteiger partial charge on any atom is -0.490 e. The Morgan fingerprint density at radius 2 is 1.06 bits per heavy atom. The average Bonchev–Trinajstić information content (AvgIpc) is 2.98. The van der Waals surface area contributed by atoms with Crippen molar-refractivity contribution in [2.75, 3.05) is 41.4 Å². The first-order chi connectivity index (χ1) is 17.7. The Labute approximate surface area is 218 Å². The van der Waals surface area contributed by atoms with Gasteiger partial charge in [-0.05, 0) is 77.1 Å². The Morgan fingerprint density at radius 3 is 1.47 bits per heavy atom. The molecule has 0 aliphatic rings. The summed E-state index contributed by atoms with van der Waals surface area (Å²) in [4.78, 5) is 22.0. The molecule has 8 heteroatoms. The monoisotopic (exact) mass is 504 g/mol. The molecular formula is C28H48N4O4. The Kier molecular flexibility index (Phi) is 40.2. The lowest BCUT2D eigenvalue weighted by Crippen LogP contribution is -2.07. The van der Waals surface area contributed by atoms with Gasteiger partial charge in [0.15, 0.2) is 18.2 Å². The summed E-state index contributed by atoms with van der Waals surface area (Å²) < 4.78 is 10.6. The van der Waals surface area contributed by atoms with Crippen LogP contribution in [0.5, 0.6) is 11.5 Å². The summed E-state index contributed by atoms with van der Waals surface area (Å²) in [5.41, 5.74) is 18.0. The lowest BCUT2D eigenvalue weighted by molar-refractivity contribution is -0.116. The maximum Gasteiger partial charge on any atom is 0.192 e. The number of benzene rings is 2. The standard InChI is InChI=1S/2C12H14O2.4CH5N/c1-2-11(13)7-6-10-14-12-8-4-3-5-9-12;1-2-3-7-11(13)10-14-12-8-5-4-6-9-12;4*1-2/h2*3-9H,2,10H2,1H3;4*2H2,1H3. The molecule has 0 saturated heterocycles. The molecule has 2 aromatic carbocycles. The van der Waals surface area contributed by atoms with Crippen molar-refractivity contribution < 1.29 is 19.1 Å². The number of para-hydroxylation sites is 2. The molecule has 0 aliphatic carbocycles. The largest absolute Gasteiger partial charge is 0.490 e. The molecule has 0 amide bonds. The van der Waals surface area contributed by atoms with Gasteiger partial charge in [0, 0.05) is 6.42 Å². The zero-order valence-corrected chi connectivity index (χ0v) is 22.9. The van der Waals surface area contributed by atoms with Crippen molar-refractivity contribution in [3.8, 4) is 11.5 Å². The van der Waals surface area contributed by atoms with Crippen LogP contribution in [0.4, 0.5) is 0 Å². The summed E-state index contributed by atoms with van der Waals surface area (Å²) in [5.74, 6) is 1.67. The summed E-state index contributed by atoms with van der Waals surface area (Å²) in [7, 11) is 6.00. The molecule has 0 radical (unpaired) electrons. The van der Waals surface area contributed by atoms with Crippen LogP contribution in [-0.2, 0) is 9.59 Å². The van der Waals surface area contributed by atoms with Crippen LogP contribution in [0.25, 0.3) is 0 Å². The number of nitrogens with two attached hydrogens (primary N) is 4. The van der Waals surface area contributed by atoms with Gasteiger partial charge in [-0.1, -0.05) is 56.3 Å². The van der Waals surface area contributed by atoms with E-state index in [-0.39, 0.29) is 18.2 Å². The molecule has 0 unspecified atom stereocenters. The molecule has 0 atom stereocenters. The second-order valence-corrected chi connectivity index (χ2v) is 5.72. The van der Waals surface area contributed by atoms with E-state index in [1.165, 1.54) is 28.2 Å². The van der Waals surface area contributed by atoms with Crippen LogP contribution >= 0.6 is 0 Å². The third-order valence-electron chi connectivity index (χ3n) is 3.41. The van der Waals surface area contributed by atoms with E-state index in [4.69, 9.17) is 9.47 Å². The van der Waals surface area contributed by atoms with Crippen LogP contribution < -0.4 is 32.4 Å². The van der Waals surface area contributed by atoms with Gasteiger partial charge in [0.2, 0.25) is 0 Å². The molecule has 0 heterocycles. The summed E-state index contributed by atoms with van der Waals surface area (Å²) in [6, 6.07) is 18.9. The number of hydrogen-bond acceptors (Lipinski definition) is 8. The highest BCUT2D eigenvalue weighted by Gasteiger charge is 1.97. The Balaban J connectivity index is -0.000000222. The lowest BCUT2D eigenvalue weighted by atomic mass is 10.3. The van der Waals surface area contributed by atoms with Crippen molar-refractivity contribution in [3.05, 3.63) is 85.0 Å². The Bertz CT molecular complexity index is 753. The van der Waals surface area contributed by atoms with Gasteiger partial charge >= 0.3 is 0 Å². The van der Waals surface area contributed by atoms with Gasteiger partial charge in [-0.2, -0.15) is 0 Å². The summed E-state index contributed by atoms with van der Waals surface area (Å²) in [6.07, 6.45) is 8.10. The summed E-state index contributed by atoms with van der Waals surface area (Å²) in [5, 5.41) is 0. The topological polar surface area (TPSA) is 157 Å². The normalized spacial score (nSPS) is 8.72. The third kappa shape index (κ3) is 28.7. The van der Waals surface area contributed by atoms with Crippen LogP contribution in [0.15, 0.2) is 85.0 Å². The van der Waals surface area contributed by atoms with Crippen molar-refractivity contribution in [3.63, 3.8) is 0 Å². The second-order valence-electron chi connectivity index (χ2n) is 5.72. The number of ether oxygens (including phenoxy) is 2. The molecule has 8 N–H and O–H groups in total. The maximum atomic E-state index is 11.2. The quantitative estimate of drug-likeness (QED) is 0.358. The molecule has 0 spiro atoms. The molecule has 0 fully saturated rings. The van der Waals surface area contributed by atoms with Crippen molar-refractivity contribution in [2.45, 2.75) is 26.7 Å². The van der Waals surface area contributed by atoms with Gasteiger partial charge in [0.05, 0.1) is 0 Å². The molecule has 2 rings (SSSR count). The van der Waals surface area contributed by atoms with E-state index >= 15 is 0 Å². The smallest absolute Gasteiger partial charge is 0.192 e. The first-order valence-corrected chi connectivity index (χ1v) is 11.7. The fourth-order valence-electron chi connectivity index (χ4n) is 1.93. The van der Waals surface area contributed by atoms with Crippen molar-refractivity contribution >= 4 is 11.6 Å². The highest BCUT2D eigenvalue weighted by atomic mass is 16.5. The van der Waals surface area contributed by atoms with E-state index in [0.29, 0.717) is 13.0 Å². The number of rotatable bonds is 10. The van der Waals surface area contributed by atoms with E-state index in [0.717, 1.165) is 17.9 Å². The van der Waals surface area contributed by atoms with Crippen molar-refractivity contribution in [2.24, 2.45) is 22.9 Å². The molecule has 36 heavy (non-hydrogen) atoms. The predicted octanol–water partition coefficient (Wildman–Crippen LogP) is 3.50. The van der Waals surface area contributed by atoms with Crippen molar-refractivity contribution in [1.82, 2.24) is 0 Å². The van der Waals surface area contributed by atoms with E-state index < -0.39 is 0 Å². The first-order valence-electron chi connectivity index (χ1n) is 11.7. The highest BCUT2D eigenvalue weighted by Crippen LogP contribution is 2.08. The zero-order valence-electron chi connectivity index (χ0n) is 22.9. The molecule has 0 saturated carbocycles. The molecule has 0 aliphatic heterocycles. The third-order valence-corrected chi connectivity index (χ3v) is 3.41. The minimum absolute atomic E-state index is 0.00398. The van der Waals surface area contributed by atoms with Crippen LogP contribution in [0.2, 0.25) is 0 Å². The van der Waals surface area contributed by atoms with Crippen molar-refractivity contribution in [1.29, 1.82) is 0 Å². The SMILES string of the molecule is CCC(=O)C=CCOc1ccccc1.CCC=CC(=O)COc1ccccc1.CN.CN.CN.CN. The van der Waals surface area contributed by atoms with Gasteiger partial charge in [-0.25, -0.2) is 0 Å². The molecule has 8 nitrogen and oxygen atoms in total. The van der Waals surface area contributed by atoms with E-state index in [1.807, 2.05) is 80.6 Å². The zero-order chi connectivity index (χ0) is 28.5. The number of carbonyl (C=O) groups excluding carboxylic acids is 2. The predicted molar refractivity (Wildman–Crippen MR) is 153 cm³/mol. The van der Waals surface area contributed by atoms with E-state index in [2.05, 4.69) is 22.9 Å². The number of hydrogen-bond donors (Lipinski definition) is 4. The van der Waals surface area contributed by atoms with Gasteiger partial charge in [0.1, 0.15) is 18.1 Å². The Hall–Kier alpha value is -3.30. The van der Waals surface area contributed by atoms with E-state index in [1.54, 1.807) is 18.2 Å². The van der Waals surface area contributed by atoms with Crippen LogP contribution in [0, 0.1) is 0 Å². The van der Waals surface area contributed by atoms with Crippen LogP contribution in [0.1, 0.15) is 26.7 Å². The molecule has 0 bridgehead atoms. The fraction of sp³-hybridized carbons (Fsp3) is 0.357. The van der Waals surface area contributed by atoms with Gasteiger partial charge in [-0.15, -0.1) is 0 Å². The van der Waals surface area contributed by atoms with E-state index in [9.17, 15) is 9.59 Å². The molecule has 2 aromatic rings. The number of allylic oxidation sites excluding steroid dienone is 2. The van der Waals surface area contributed by atoms with Gasteiger partial charge in [0.25, 0.3) is 0 Å².